The van der Waals surface area contributed by atoms with Crippen molar-refractivity contribution in [2.45, 2.75) is 4.90 Å². The maximum atomic E-state index is 7.67. The largest absolute Gasteiger partial charge is 0.129 e. The molecular formula is C37H27ClS. The van der Waals surface area contributed by atoms with Crippen LogP contribution in [0.5, 0.6) is 0 Å². The molecule has 0 heterocycles. The quantitative estimate of drug-likeness (QED) is 0.190. The van der Waals surface area contributed by atoms with Crippen molar-refractivity contribution in [2.24, 2.45) is 0 Å². The van der Waals surface area contributed by atoms with Crippen LogP contribution in [0.2, 0.25) is 5.02 Å². The minimum absolute atomic E-state index is 0.764. The summed E-state index contributed by atoms with van der Waals surface area (Å²) in [5.41, 5.74) is 11.3. The van der Waals surface area contributed by atoms with E-state index in [2.05, 4.69) is 152 Å². The summed E-state index contributed by atoms with van der Waals surface area (Å²) < 4.78 is 0. The van der Waals surface area contributed by atoms with Crippen molar-refractivity contribution in [1.82, 2.24) is 0 Å². The van der Waals surface area contributed by atoms with Crippen LogP contribution >= 0.6 is 23.4 Å². The van der Waals surface area contributed by atoms with Gasteiger partial charge >= 0.3 is 0 Å². The SMILES string of the molecule is CSc1ccccc1-c1c(Cl)c(-c2ccccc2)c(-c2ccccc2)c(-c2ccccc2)c1-c1ccccc1. The molecule has 6 aromatic carbocycles. The average molecular weight is 539 g/mol. The minimum atomic E-state index is 0.764. The van der Waals surface area contributed by atoms with Crippen LogP contribution in [0.15, 0.2) is 150 Å². The van der Waals surface area contributed by atoms with E-state index in [9.17, 15) is 0 Å². The van der Waals surface area contributed by atoms with Crippen molar-refractivity contribution in [3.05, 3.63) is 151 Å². The topological polar surface area (TPSA) is 0 Å². The van der Waals surface area contributed by atoms with Gasteiger partial charge in [0.1, 0.15) is 0 Å². The molecule has 39 heavy (non-hydrogen) atoms. The first kappa shape index (κ1) is 25.2. The van der Waals surface area contributed by atoms with Crippen LogP contribution in [0, 0.1) is 0 Å². The molecule has 2 heteroatoms. The summed E-state index contributed by atoms with van der Waals surface area (Å²) in [5.74, 6) is 0. The molecule has 0 atom stereocenters. The Hall–Kier alpha value is -4.04. The Morgan fingerprint density at radius 1 is 0.385 bits per heavy atom. The van der Waals surface area contributed by atoms with Gasteiger partial charge in [-0.25, -0.2) is 0 Å². The monoisotopic (exact) mass is 538 g/mol. The number of hydrogen-bond acceptors (Lipinski definition) is 1. The molecule has 6 aromatic rings. The Balaban J connectivity index is 1.90. The van der Waals surface area contributed by atoms with E-state index in [1.165, 1.54) is 10.5 Å². The van der Waals surface area contributed by atoms with Gasteiger partial charge in [-0.3, -0.25) is 0 Å². The molecule has 0 nitrogen and oxygen atoms in total. The van der Waals surface area contributed by atoms with Gasteiger partial charge in [0, 0.05) is 16.0 Å². The molecule has 0 radical (unpaired) electrons. The van der Waals surface area contributed by atoms with E-state index in [0.29, 0.717) is 0 Å². The number of rotatable bonds is 6. The minimum Gasteiger partial charge on any atom is -0.129 e. The molecule has 0 spiro atoms. The summed E-state index contributed by atoms with van der Waals surface area (Å²) in [4.78, 5) is 1.20. The zero-order chi connectivity index (χ0) is 26.6. The lowest BCUT2D eigenvalue weighted by Crippen LogP contribution is -2.00. The van der Waals surface area contributed by atoms with Gasteiger partial charge in [-0.2, -0.15) is 0 Å². The Labute approximate surface area is 240 Å². The summed E-state index contributed by atoms with van der Waals surface area (Å²) in [6.45, 7) is 0. The predicted molar refractivity (Wildman–Crippen MR) is 170 cm³/mol. The van der Waals surface area contributed by atoms with Gasteiger partial charge in [0.2, 0.25) is 0 Å². The summed E-state index contributed by atoms with van der Waals surface area (Å²) in [6.07, 6.45) is 2.13. The molecule has 0 aliphatic heterocycles. The van der Waals surface area contributed by atoms with Crippen molar-refractivity contribution in [2.75, 3.05) is 6.26 Å². The molecule has 0 N–H and O–H groups in total. The van der Waals surface area contributed by atoms with E-state index in [-0.39, 0.29) is 0 Å². The van der Waals surface area contributed by atoms with E-state index < -0.39 is 0 Å². The molecule has 0 aliphatic rings. The van der Waals surface area contributed by atoms with E-state index in [1.54, 1.807) is 11.8 Å². The maximum absolute atomic E-state index is 7.67. The molecule has 188 valence electrons. The van der Waals surface area contributed by atoms with E-state index >= 15 is 0 Å². The maximum Gasteiger partial charge on any atom is 0.0576 e. The highest BCUT2D eigenvalue weighted by molar-refractivity contribution is 7.98. The summed E-state index contributed by atoms with van der Waals surface area (Å²) in [7, 11) is 0. The first-order valence-corrected chi connectivity index (χ1v) is 14.6. The molecule has 0 fully saturated rings. The highest BCUT2D eigenvalue weighted by Crippen LogP contribution is 2.55. The Morgan fingerprint density at radius 2 is 0.718 bits per heavy atom. The van der Waals surface area contributed by atoms with Crippen LogP contribution in [0.25, 0.3) is 55.6 Å². The van der Waals surface area contributed by atoms with Crippen molar-refractivity contribution >= 4 is 23.4 Å². The summed E-state index contributed by atoms with van der Waals surface area (Å²) in [5, 5.41) is 0.764. The van der Waals surface area contributed by atoms with E-state index in [4.69, 9.17) is 11.6 Å². The van der Waals surface area contributed by atoms with Crippen LogP contribution in [0.1, 0.15) is 0 Å². The lowest BCUT2D eigenvalue weighted by molar-refractivity contribution is 1.44. The molecule has 0 amide bonds. The zero-order valence-electron chi connectivity index (χ0n) is 21.6. The van der Waals surface area contributed by atoms with Crippen LogP contribution in [0.4, 0.5) is 0 Å². The number of thioether (sulfide) groups is 1. The van der Waals surface area contributed by atoms with E-state index in [0.717, 1.165) is 55.1 Å². The molecular weight excluding hydrogens is 512 g/mol. The van der Waals surface area contributed by atoms with Gasteiger partial charge in [-0.05, 0) is 56.8 Å². The lowest BCUT2D eigenvalue weighted by Gasteiger charge is -2.27. The molecule has 0 saturated carbocycles. The standard InChI is InChI=1S/C37H27ClS/c1-39-31-25-15-14-24-30(31)36-34(28-20-10-4-11-21-28)32(26-16-6-2-7-17-26)33(27-18-8-3-9-19-27)35(37(36)38)29-22-12-5-13-23-29/h2-25H,1H3. The molecule has 6 rings (SSSR count). The molecule has 0 unspecified atom stereocenters. The second kappa shape index (κ2) is 11.4. The van der Waals surface area contributed by atoms with Gasteiger partial charge in [-0.15, -0.1) is 11.8 Å². The number of halogens is 1. The van der Waals surface area contributed by atoms with Gasteiger partial charge in [0.15, 0.2) is 0 Å². The van der Waals surface area contributed by atoms with Gasteiger partial charge in [-0.1, -0.05) is 151 Å². The first-order chi connectivity index (χ1) is 19.3. The third-order valence-corrected chi connectivity index (χ3v) is 8.24. The zero-order valence-corrected chi connectivity index (χ0v) is 23.2. The van der Waals surface area contributed by atoms with Crippen molar-refractivity contribution < 1.29 is 0 Å². The third kappa shape index (κ3) is 4.81. The van der Waals surface area contributed by atoms with Crippen LogP contribution in [-0.2, 0) is 0 Å². The number of benzene rings is 6. The van der Waals surface area contributed by atoms with Crippen LogP contribution in [-0.4, -0.2) is 6.26 Å². The molecule has 0 saturated heterocycles. The third-order valence-electron chi connectivity index (χ3n) is 7.07. The fourth-order valence-corrected chi connectivity index (χ4v) is 6.38. The predicted octanol–water partition coefficient (Wildman–Crippen LogP) is 11.4. The van der Waals surface area contributed by atoms with Gasteiger partial charge in [0.25, 0.3) is 0 Å². The highest BCUT2D eigenvalue weighted by Gasteiger charge is 2.28. The lowest BCUT2D eigenvalue weighted by atomic mass is 9.78. The smallest absolute Gasteiger partial charge is 0.0576 e. The molecule has 0 bridgehead atoms. The highest BCUT2D eigenvalue weighted by atomic mass is 35.5. The first-order valence-electron chi connectivity index (χ1n) is 13.0. The normalized spacial score (nSPS) is 10.9. The fraction of sp³-hybridized carbons (Fsp3) is 0.0270. The summed E-state index contributed by atoms with van der Waals surface area (Å²) in [6, 6.07) is 51.2. The Bertz CT molecular complexity index is 1710. The molecule has 0 aliphatic carbocycles. The van der Waals surface area contributed by atoms with Crippen LogP contribution < -0.4 is 0 Å². The average Bonchev–Trinajstić information content (AvgIpc) is 3.02. The second-order valence-electron chi connectivity index (χ2n) is 9.35. The van der Waals surface area contributed by atoms with E-state index in [1.807, 2.05) is 0 Å². The van der Waals surface area contributed by atoms with Gasteiger partial charge < -0.3 is 0 Å². The Morgan fingerprint density at radius 3 is 1.15 bits per heavy atom. The van der Waals surface area contributed by atoms with Crippen molar-refractivity contribution in [3.8, 4) is 55.6 Å². The van der Waals surface area contributed by atoms with Crippen molar-refractivity contribution in [3.63, 3.8) is 0 Å². The summed E-state index contributed by atoms with van der Waals surface area (Å²) >= 11 is 9.42. The van der Waals surface area contributed by atoms with Gasteiger partial charge in [0.05, 0.1) is 5.02 Å². The van der Waals surface area contributed by atoms with Crippen LogP contribution in [0.3, 0.4) is 0 Å². The molecule has 0 aromatic heterocycles. The number of hydrogen-bond donors (Lipinski definition) is 0. The second-order valence-corrected chi connectivity index (χ2v) is 10.6. The Kier molecular flexibility index (Phi) is 7.36. The fourth-order valence-electron chi connectivity index (χ4n) is 5.38. The van der Waals surface area contributed by atoms with Crippen molar-refractivity contribution in [1.29, 1.82) is 0 Å².